The average Bonchev–Trinajstić information content (AvgIpc) is 2.25. The zero-order valence-corrected chi connectivity index (χ0v) is 9.02. The maximum absolute atomic E-state index is 10.7. The third-order valence-electron chi connectivity index (χ3n) is 2.90. The molecule has 0 aliphatic heterocycles. The van der Waals surface area contributed by atoms with Crippen LogP contribution in [0.4, 0.5) is 0 Å². The molecule has 0 unspecified atom stereocenters. The summed E-state index contributed by atoms with van der Waals surface area (Å²) in [5, 5.41) is 19.4. The van der Waals surface area contributed by atoms with Crippen LogP contribution < -0.4 is 0 Å². The Kier molecular flexibility index (Phi) is 5.32. The summed E-state index contributed by atoms with van der Waals surface area (Å²) < 4.78 is 0. The van der Waals surface area contributed by atoms with Crippen LogP contribution in [-0.2, 0) is 0 Å². The number of nitro groups is 1. The van der Waals surface area contributed by atoms with Gasteiger partial charge in [0.25, 0.3) is 0 Å². The number of aliphatic hydroxyl groups is 1. The SMILES string of the molecule is O=[N+]([O-])/C(=C/C1CCCCC1)CCCO. The van der Waals surface area contributed by atoms with E-state index in [0.29, 0.717) is 18.8 Å². The van der Waals surface area contributed by atoms with Crippen molar-refractivity contribution >= 4 is 0 Å². The van der Waals surface area contributed by atoms with Gasteiger partial charge >= 0.3 is 0 Å². The molecule has 0 aromatic carbocycles. The van der Waals surface area contributed by atoms with E-state index in [1.54, 1.807) is 0 Å². The van der Waals surface area contributed by atoms with Gasteiger partial charge in [-0.25, -0.2) is 0 Å². The van der Waals surface area contributed by atoms with Crippen molar-refractivity contribution in [2.45, 2.75) is 44.9 Å². The molecule has 15 heavy (non-hydrogen) atoms. The van der Waals surface area contributed by atoms with Gasteiger partial charge in [0.15, 0.2) is 0 Å². The first-order chi connectivity index (χ1) is 7.24. The highest BCUT2D eigenvalue weighted by atomic mass is 16.6. The van der Waals surface area contributed by atoms with Crippen LogP contribution in [0.15, 0.2) is 11.8 Å². The van der Waals surface area contributed by atoms with Gasteiger partial charge in [-0.05, 0) is 31.3 Å². The van der Waals surface area contributed by atoms with Gasteiger partial charge < -0.3 is 5.11 Å². The van der Waals surface area contributed by atoms with Gasteiger partial charge in [0, 0.05) is 13.0 Å². The number of nitrogens with zero attached hydrogens (tertiary/aromatic N) is 1. The second-order valence-electron chi connectivity index (χ2n) is 4.14. The first-order valence-electron chi connectivity index (χ1n) is 5.70. The summed E-state index contributed by atoms with van der Waals surface area (Å²) in [7, 11) is 0. The van der Waals surface area contributed by atoms with Gasteiger partial charge in [-0.15, -0.1) is 0 Å². The molecule has 0 atom stereocenters. The van der Waals surface area contributed by atoms with E-state index in [1.165, 1.54) is 19.3 Å². The fourth-order valence-corrected chi connectivity index (χ4v) is 2.07. The van der Waals surface area contributed by atoms with E-state index < -0.39 is 0 Å². The van der Waals surface area contributed by atoms with Crippen molar-refractivity contribution in [2.75, 3.05) is 6.61 Å². The van der Waals surface area contributed by atoms with Crippen LogP contribution in [0.2, 0.25) is 0 Å². The minimum atomic E-state index is -0.301. The smallest absolute Gasteiger partial charge is 0.242 e. The molecule has 86 valence electrons. The topological polar surface area (TPSA) is 63.4 Å². The summed E-state index contributed by atoms with van der Waals surface area (Å²) in [6, 6.07) is 0. The average molecular weight is 213 g/mol. The molecule has 0 aromatic heterocycles. The van der Waals surface area contributed by atoms with Crippen LogP contribution in [-0.4, -0.2) is 16.6 Å². The molecule has 0 heterocycles. The maximum atomic E-state index is 10.7. The number of rotatable bonds is 5. The zero-order valence-electron chi connectivity index (χ0n) is 9.02. The summed E-state index contributed by atoms with van der Waals surface area (Å²) in [6.07, 6.45) is 8.48. The minimum Gasteiger partial charge on any atom is -0.396 e. The van der Waals surface area contributed by atoms with Crippen molar-refractivity contribution in [1.82, 2.24) is 0 Å². The van der Waals surface area contributed by atoms with Gasteiger partial charge in [-0.3, -0.25) is 10.1 Å². The molecule has 4 heteroatoms. The lowest BCUT2D eigenvalue weighted by Gasteiger charge is -2.17. The highest BCUT2D eigenvalue weighted by molar-refractivity contribution is 4.96. The Labute approximate surface area is 90.1 Å². The van der Waals surface area contributed by atoms with E-state index in [1.807, 2.05) is 6.08 Å². The first kappa shape index (κ1) is 12.2. The van der Waals surface area contributed by atoms with Gasteiger partial charge in [0.2, 0.25) is 5.70 Å². The number of aliphatic hydroxyl groups excluding tert-OH is 1. The van der Waals surface area contributed by atoms with Crippen molar-refractivity contribution < 1.29 is 10.0 Å². The summed E-state index contributed by atoms with van der Waals surface area (Å²) in [5.74, 6) is 0.387. The van der Waals surface area contributed by atoms with Crippen LogP contribution in [0, 0.1) is 16.0 Å². The summed E-state index contributed by atoms with van der Waals surface area (Å²) in [6.45, 7) is 0.0237. The van der Waals surface area contributed by atoms with Crippen LogP contribution >= 0.6 is 0 Å². The Balaban J connectivity index is 2.52. The molecule has 1 aliphatic rings. The molecule has 1 aliphatic carbocycles. The lowest BCUT2D eigenvalue weighted by molar-refractivity contribution is -0.428. The zero-order chi connectivity index (χ0) is 11.1. The lowest BCUT2D eigenvalue weighted by Crippen LogP contribution is -2.08. The van der Waals surface area contributed by atoms with Crippen molar-refractivity contribution in [1.29, 1.82) is 0 Å². The predicted octanol–water partition coefficient (Wildman–Crippen LogP) is 2.50. The normalized spacial score (nSPS) is 19.1. The van der Waals surface area contributed by atoms with Gasteiger partial charge in [-0.1, -0.05) is 19.3 Å². The van der Waals surface area contributed by atoms with Crippen molar-refractivity contribution in [3.05, 3.63) is 21.9 Å². The minimum absolute atomic E-state index is 0.0237. The van der Waals surface area contributed by atoms with Crippen molar-refractivity contribution in [2.24, 2.45) is 5.92 Å². The Bertz CT molecular complexity index is 232. The molecule has 0 aromatic rings. The van der Waals surface area contributed by atoms with Crippen molar-refractivity contribution in [3.63, 3.8) is 0 Å². The van der Waals surface area contributed by atoms with E-state index >= 15 is 0 Å². The Morgan fingerprint density at radius 3 is 2.60 bits per heavy atom. The summed E-state index contributed by atoms with van der Waals surface area (Å²) in [4.78, 5) is 10.4. The molecule has 4 nitrogen and oxygen atoms in total. The largest absolute Gasteiger partial charge is 0.396 e. The van der Waals surface area contributed by atoms with Crippen LogP contribution in [0.5, 0.6) is 0 Å². The summed E-state index contributed by atoms with van der Waals surface area (Å²) in [5.41, 5.74) is 0.288. The molecule has 0 bridgehead atoms. The maximum Gasteiger partial charge on any atom is 0.242 e. The lowest BCUT2D eigenvalue weighted by atomic mass is 9.88. The highest BCUT2D eigenvalue weighted by Gasteiger charge is 2.17. The second kappa shape index (κ2) is 6.56. The van der Waals surface area contributed by atoms with E-state index in [0.717, 1.165) is 12.8 Å². The Hall–Kier alpha value is -0.900. The third-order valence-corrected chi connectivity index (χ3v) is 2.90. The van der Waals surface area contributed by atoms with Crippen LogP contribution in [0.1, 0.15) is 44.9 Å². The highest BCUT2D eigenvalue weighted by Crippen LogP contribution is 2.26. The van der Waals surface area contributed by atoms with E-state index in [4.69, 9.17) is 5.11 Å². The fraction of sp³-hybridized carbons (Fsp3) is 0.818. The van der Waals surface area contributed by atoms with Gasteiger partial charge in [-0.2, -0.15) is 0 Å². The van der Waals surface area contributed by atoms with E-state index in [2.05, 4.69) is 0 Å². The quantitative estimate of drug-likeness (QED) is 0.563. The molecular formula is C11H19NO3. The molecule has 0 amide bonds. The van der Waals surface area contributed by atoms with Crippen LogP contribution in [0.3, 0.4) is 0 Å². The predicted molar refractivity (Wildman–Crippen MR) is 58.0 cm³/mol. The van der Waals surface area contributed by atoms with Crippen molar-refractivity contribution in [3.8, 4) is 0 Å². The molecule has 1 saturated carbocycles. The molecule has 1 fully saturated rings. The summed E-state index contributed by atoms with van der Waals surface area (Å²) >= 11 is 0. The Morgan fingerprint density at radius 1 is 1.40 bits per heavy atom. The molecule has 0 radical (unpaired) electrons. The molecule has 1 rings (SSSR count). The third kappa shape index (κ3) is 4.42. The molecule has 0 saturated heterocycles. The van der Waals surface area contributed by atoms with Gasteiger partial charge in [0.05, 0.1) is 4.92 Å². The fourth-order valence-electron chi connectivity index (χ4n) is 2.07. The van der Waals surface area contributed by atoms with E-state index in [9.17, 15) is 10.1 Å². The standard InChI is InChI=1S/C11H19NO3/c13-8-4-7-11(12(14)15)9-10-5-2-1-3-6-10/h9-10,13H,1-8H2/b11-9+. The number of hydrogen-bond donors (Lipinski definition) is 1. The molecule has 1 N–H and O–H groups in total. The number of hydrogen-bond acceptors (Lipinski definition) is 3. The first-order valence-corrected chi connectivity index (χ1v) is 5.70. The molecular weight excluding hydrogens is 194 g/mol. The van der Waals surface area contributed by atoms with E-state index in [-0.39, 0.29) is 17.2 Å². The second-order valence-corrected chi connectivity index (χ2v) is 4.14. The Morgan fingerprint density at radius 2 is 2.07 bits per heavy atom. The monoisotopic (exact) mass is 213 g/mol. The molecule has 0 spiro atoms. The number of allylic oxidation sites excluding steroid dienone is 2. The van der Waals surface area contributed by atoms with Gasteiger partial charge in [0.1, 0.15) is 0 Å². The van der Waals surface area contributed by atoms with Crippen LogP contribution in [0.25, 0.3) is 0 Å².